The highest BCUT2D eigenvalue weighted by Crippen LogP contribution is 2.28. The maximum atomic E-state index is 12.1. The number of carbonyl (C=O) groups excluding carboxylic acids is 1. The van der Waals surface area contributed by atoms with Crippen LogP contribution < -0.4 is 5.73 Å². The van der Waals surface area contributed by atoms with Gasteiger partial charge in [0.05, 0.1) is 0 Å². The highest BCUT2D eigenvalue weighted by molar-refractivity contribution is 5.85. The average Bonchev–Trinajstić information content (AvgIpc) is 2.65. The van der Waals surface area contributed by atoms with E-state index in [-0.39, 0.29) is 18.4 Å². The van der Waals surface area contributed by atoms with E-state index in [0.717, 1.165) is 31.8 Å². The van der Waals surface area contributed by atoms with Gasteiger partial charge in [-0.2, -0.15) is 0 Å². The second-order valence-electron chi connectivity index (χ2n) is 5.62. The van der Waals surface area contributed by atoms with E-state index in [4.69, 9.17) is 5.73 Å². The molecule has 2 rings (SSSR count). The van der Waals surface area contributed by atoms with Crippen molar-refractivity contribution in [3.8, 4) is 0 Å². The number of piperidine rings is 1. The molecule has 100 valence electrons. The summed E-state index contributed by atoms with van der Waals surface area (Å²) in [7, 11) is 0. The topological polar surface area (TPSA) is 46.3 Å². The molecule has 4 heteroatoms. The molecule has 2 atom stereocenters. The van der Waals surface area contributed by atoms with Gasteiger partial charge >= 0.3 is 0 Å². The van der Waals surface area contributed by atoms with E-state index in [0.29, 0.717) is 18.2 Å². The number of amides is 1. The Balaban J connectivity index is 0.00000144. The van der Waals surface area contributed by atoms with Crippen LogP contribution in [0.3, 0.4) is 0 Å². The third kappa shape index (κ3) is 3.85. The van der Waals surface area contributed by atoms with Gasteiger partial charge in [-0.3, -0.25) is 4.79 Å². The molecule has 2 fully saturated rings. The molecule has 0 aromatic heterocycles. The minimum Gasteiger partial charge on any atom is -0.343 e. The molecule has 1 amide bonds. The van der Waals surface area contributed by atoms with E-state index >= 15 is 0 Å². The maximum Gasteiger partial charge on any atom is 0.222 e. The first-order valence-electron chi connectivity index (χ1n) is 6.70. The molecule has 1 saturated carbocycles. The van der Waals surface area contributed by atoms with Gasteiger partial charge in [0.2, 0.25) is 5.91 Å². The van der Waals surface area contributed by atoms with E-state index < -0.39 is 0 Å². The zero-order valence-electron chi connectivity index (χ0n) is 10.7. The van der Waals surface area contributed by atoms with Crippen LogP contribution >= 0.6 is 12.4 Å². The van der Waals surface area contributed by atoms with E-state index in [2.05, 4.69) is 6.92 Å². The van der Waals surface area contributed by atoms with Crippen LogP contribution in [0.5, 0.6) is 0 Å². The van der Waals surface area contributed by atoms with Gasteiger partial charge in [-0.1, -0.05) is 13.3 Å². The van der Waals surface area contributed by atoms with Crippen molar-refractivity contribution >= 4 is 18.3 Å². The van der Waals surface area contributed by atoms with Crippen molar-refractivity contribution in [3.63, 3.8) is 0 Å². The molecule has 1 aliphatic carbocycles. The maximum absolute atomic E-state index is 12.1. The molecule has 0 bridgehead atoms. The average molecular weight is 261 g/mol. The summed E-state index contributed by atoms with van der Waals surface area (Å²) in [5, 5.41) is 0. The highest BCUT2D eigenvalue weighted by Gasteiger charge is 2.28. The quantitative estimate of drug-likeness (QED) is 0.827. The second kappa shape index (κ2) is 6.60. The standard InChI is InChI=1S/C13H24N2O.ClH/c1-10-5-7-15(8-6-10)13(16)9-11-3-2-4-12(11)14;/h10-12H,2-9,14H2,1H3;1H/t11-,12+;/m0./s1. The lowest BCUT2D eigenvalue weighted by molar-refractivity contribution is -0.133. The van der Waals surface area contributed by atoms with Crippen LogP contribution in [-0.4, -0.2) is 29.9 Å². The van der Waals surface area contributed by atoms with Gasteiger partial charge in [0.1, 0.15) is 0 Å². The summed E-state index contributed by atoms with van der Waals surface area (Å²) in [4.78, 5) is 14.1. The van der Waals surface area contributed by atoms with Gasteiger partial charge in [-0.05, 0) is 37.5 Å². The van der Waals surface area contributed by atoms with Gasteiger partial charge in [-0.15, -0.1) is 12.4 Å². The fourth-order valence-electron chi connectivity index (χ4n) is 2.93. The Morgan fingerprint density at radius 2 is 1.88 bits per heavy atom. The van der Waals surface area contributed by atoms with E-state index in [1.165, 1.54) is 19.3 Å². The van der Waals surface area contributed by atoms with Crippen molar-refractivity contribution in [2.24, 2.45) is 17.6 Å². The van der Waals surface area contributed by atoms with Crippen molar-refractivity contribution in [2.45, 2.75) is 51.5 Å². The molecule has 0 spiro atoms. The SMILES string of the molecule is CC1CCN(C(=O)C[C@@H]2CCC[C@H]2N)CC1.Cl. The van der Waals surface area contributed by atoms with Crippen molar-refractivity contribution < 1.29 is 4.79 Å². The Morgan fingerprint density at radius 3 is 2.41 bits per heavy atom. The van der Waals surface area contributed by atoms with Crippen molar-refractivity contribution in [1.82, 2.24) is 4.90 Å². The van der Waals surface area contributed by atoms with Crippen LogP contribution in [0.25, 0.3) is 0 Å². The molecule has 0 unspecified atom stereocenters. The second-order valence-corrected chi connectivity index (χ2v) is 5.62. The Kier molecular flexibility index (Phi) is 5.74. The third-order valence-electron chi connectivity index (χ3n) is 4.29. The van der Waals surface area contributed by atoms with Gasteiger partial charge in [0, 0.05) is 25.6 Å². The first kappa shape index (κ1) is 14.8. The number of hydrogen-bond donors (Lipinski definition) is 1. The monoisotopic (exact) mass is 260 g/mol. The van der Waals surface area contributed by atoms with Crippen LogP contribution in [0.4, 0.5) is 0 Å². The molecule has 2 N–H and O–H groups in total. The summed E-state index contributed by atoms with van der Waals surface area (Å²) in [5.41, 5.74) is 6.01. The van der Waals surface area contributed by atoms with Gasteiger partial charge in [-0.25, -0.2) is 0 Å². The van der Waals surface area contributed by atoms with Crippen molar-refractivity contribution in [1.29, 1.82) is 0 Å². The number of nitrogens with zero attached hydrogens (tertiary/aromatic N) is 1. The van der Waals surface area contributed by atoms with Crippen molar-refractivity contribution in [3.05, 3.63) is 0 Å². The first-order valence-corrected chi connectivity index (χ1v) is 6.70. The molecular weight excluding hydrogens is 236 g/mol. The Morgan fingerprint density at radius 1 is 1.24 bits per heavy atom. The highest BCUT2D eigenvalue weighted by atomic mass is 35.5. The summed E-state index contributed by atoms with van der Waals surface area (Å²) < 4.78 is 0. The predicted molar refractivity (Wildman–Crippen MR) is 72.2 cm³/mol. The fourth-order valence-corrected chi connectivity index (χ4v) is 2.93. The lowest BCUT2D eigenvalue weighted by Crippen LogP contribution is -2.40. The molecule has 2 aliphatic rings. The lowest BCUT2D eigenvalue weighted by atomic mass is 9.96. The first-order chi connectivity index (χ1) is 7.66. The molecule has 1 heterocycles. The van der Waals surface area contributed by atoms with Crippen LogP contribution in [-0.2, 0) is 4.79 Å². The van der Waals surface area contributed by atoms with E-state index in [1.54, 1.807) is 0 Å². The zero-order chi connectivity index (χ0) is 11.5. The predicted octanol–water partition coefficient (Wildman–Crippen LogP) is 2.18. The zero-order valence-corrected chi connectivity index (χ0v) is 11.5. The molecule has 0 radical (unpaired) electrons. The van der Waals surface area contributed by atoms with E-state index in [1.807, 2.05) is 4.90 Å². The normalized spacial score (nSPS) is 30.1. The Hall–Kier alpha value is -0.280. The number of nitrogens with two attached hydrogens (primary N) is 1. The molecular formula is C13H25ClN2O. The molecule has 17 heavy (non-hydrogen) atoms. The van der Waals surface area contributed by atoms with Gasteiger partial charge in [0.15, 0.2) is 0 Å². The van der Waals surface area contributed by atoms with Crippen LogP contribution in [0, 0.1) is 11.8 Å². The summed E-state index contributed by atoms with van der Waals surface area (Å²) in [6.45, 7) is 4.19. The minimum atomic E-state index is 0. The molecule has 0 aromatic rings. The Labute approximate surface area is 111 Å². The van der Waals surface area contributed by atoms with Gasteiger partial charge < -0.3 is 10.6 Å². The summed E-state index contributed by atoms with van der Waals surface area (Å²) in [5.74, 6) is 1.58. The van der Waals surface area contributed by atoms with E-state index in [9.17, 15) is 4.79 Å². The minimum absolute atomic E-state index is 0. The number of likely N-dealkylation sites (tertiary alicyclic amines) is 1. The number of halogens is 1. The van der Waals surface area contributed by atoms with Crippen LogP contribution in [0.2, 0.25) is 0 Å². The van der Waals surface area contributed by atoms with Crippen LogP contribution in [0.15, 0.2) is 0 Å². The number of hydrogen-bond acceptors (Lipinski definition) is 2. The largest absolute Gasteiger partial charge is 0.343 e. The molecule has 3 nitrogen and oxygen atoms in total. The lowest BCUT2D eigenvalue weighted by Gasteiger charge is -2.31. The number of carbonyl (C=O) groups is 1. The number of rotatable bonds is 2. The van der Waals surface area contributed by atoms with Crippen molar-refractivity contribution in [2.75, 3.05) is 13.1 Å². The van der Waals surface area contributed by atoms with Gasteiger partial charge in [0.25, 0.3) is 0 Å². The summed E-state index contributed by atoms with van der Waals surface area (Å²) in [6.07, 6.45) is 6.49. The molecule has 1 aliphatic heterocycles. The molecule has 0 aromatic carbocycles. The Bertz CT molecular complexity index is 252. The van der Waals surface area contributed by atoms with Crippen LogP contribution in [0.1, 0.15) is 45.4 Å². The smallest absolute Gasteiger partial charge is 0.222 e. The fraction of sp³-hybridized carbons (Fsp3) is 0.923. The summed E-state index contributed by atoms with van der Waals surface area (Å²) in [6, 6.07) is 0.271. The molecule has 1 saturated heterocycles. The third-order valence-corrected chi connectivity index (χ3v) is 4.29. The summed E-state index contributed by atoms with van der Waals surface area (Å²) >= 11 is 0.